The first kappa shape index (κ1) is 8.34. The molecule has 0 aromatic carbocycles. The molecule has 1 aromatic rings. The fourth-order valence-electron chi connectivity index (χ4n) is 1.41. The van der Waals surface area contributed by atoms with Gasteiger partial charge in [0.1, 0.15) is 0 Å². The second-order valence-corrected chi connectivity index (χ2v) is 3.01. The molecule has 11 heavy (non-hydrogen) atoms. The average Bonchev–Trinajstić information content (AvgIpc) is 2.40. The molecule has 1 unspecified atom stereocenters. The van der Waals surface area contributed by atoms with Gasteiger partial charge in [-0.1, -0.05) is 6.92 Å². The van der Waals surface area contributed by atoms with Crippen molar-refractivity contribution in [3.05, 3.63) is 24.0 Å². The number of nitrogens with one attached hydrogen (secondary N) is 1. The molecule has 1 rings (SSSR count). The summed E-state index contributed by atoms with van der Waals surface area (Å²) in [6, 6.07) is 4.71. The normalized spacial score (nSPS) is 13.8. The van der Waals surface area contributed by atoms with Gasteiger partial charge in [0.05, 0.1) is 0 Å². The molecule has 0 saturated heterocycles. The molecule has 0 radical (unpaired) electrons. The van der Waals surface area contributed by atoms with Crippen LogP contribution in [-0.2, 0) is 0 Å². The summed E-state index contributed by atoms with van der Waals surface area (Å²) in [7, 11) is 4.21. The third kappa shape index (κ3) is 1.84. The van der Waals surface area contributed by atoms with Crippen LogP contribution in [-0.4, -0.2) is 24.0 Å². The summed E-state index contributed by atoms with van der Waals surface area (Å²) in [6.45, 7) is 2.20. The van der Waals surface area contributed by atoms with Gasteiger partial charge in [0.2, 0.25) is 0 Å². The largest absolute Gasteiger partial charge is 0.364 e. The minimum atomic E-state index is 0.532. The van der Waals surface area contributed by atoms with Gasteiger partial charge in [0.25, 0.3) is 0 Å². The van der Waals surface area contributed by atoms with Gasteiger partial charge in [0.15, 0.2) is 0 Å². The van der Waals surface area contributed by atoms with Gasteiger partial charge in [-0.05, 0) is 32.6 Å². The highest BCUT2D eigenvalue weighted by molar-refractivity contribution is 5.08. The van der Waals surface area contributed by atoms with E-state index in [2.05, 4.69) is 37.0 Å². The van der Waals surface area contributed by atoms with Crippen LogP contribution in [0.2, 0.25) is 0 Å². The molecule has 0 aliphatic heterocycles. The standard InChI is InChI=1S/C9H16N2/c1-4-9(11(2)3)8-6-5-7-10-8/h5-7,9-10H,4H2,1-3H3. The van der Waals surface area contributed by atoms with E-state index in [0.717, 1.165) is 6.42 Å². The van der Waals surface area contributed by atoms with E-state index >= 15 is 0 Å². The lowest BCUT2D eigenvalue weighted by Gasteiger charge is -2.21. The van der Waals surface area contributed by atoms with Gasteiger partial charge in [-0.2, -0.15) is 0 Å². The first-order chi connectivity index (χ1) is 5.25. The number of H-pyrrole nitrogens is 1. The summed E-state index contributed by atoms with van der Waals surface area (Å²) in [5, 5.41) is 0. The Morgan fingerprint density at radius 2 is 2.27 bits per heavy atom. The minimum absolute atomic E-state index is 0.532. The Labute approximate surface area is 68.2 Å². The van der Waals surface area contributed by atoms with Crippen molar-refractivity contribution in [1.29, 1.82) is 0 Å². The zero-order valence-corrected chi connectivity index (χ0v) is 7.46. The SMILES string of the molecule is CCC(c1ccc[nH]1)N(C)C. The first-order valence-electron chi connectivity index (χ1n) is 4.05. The van der Waals surface area contributed by atoms with Gasteiger partial charge >= 0.3 is 0 Å². The van der Waals surface area contributed by atoms with E-state index in [1.165, 1.54) is 5.69 Å². The van der Waals surface area contributed by atoms with Crippen molar-refractivity contribution in [3.8, 4) is 0 Å². The Kier molecular flexibility index (Phi) is 2.71. The van der Waals surface area contributed by atoms with Crippen LogP contribution in [0.15, 0.2) is 18.3 Å². The maximum absolute atomic E-state index is 3.23. The molecule has 62 valence electrons. The molecular formula is C9H16N2. The highest BCUT2D eigenvalue weighted by Crippen LogP contribution is 2.18. The summed E-state index contributed by atoms with van der Waals surface area (Å²) in [4.78, 5) is 5.46. The summed E-state index contributed by atoms with van der Waals surface area (Å²) in [6.07, 6.45) is 3.12. The van der Waals surface area contributed by atoms with Crippen LogP contribution < -0.4 is 0 Å². The van der Waals surface area contributed by atoms with E-state index in [1.807, 2.05) is 12.3 Å². The molecule has 2 nitrogen and oxygen atoms in total. The monoisotopic (exact) mass is 152 g/mol. The molecule has 0 saturated carbocycles. The molecule has 0 fully saturated rings. The van der Waals surface area contributed by atoms with Crippen molar-refractivity contribution in [3.63, 3.8) is 0 Å². The van der Waals surface area contributed by atoms with Crippen molar-refractivity contribution >= 4 is 0 Å². The lowest BCUT2D eigenvalue weighted by atomic mass is 10.1. The molecule has 0 bridgehead atoms. The van der Waals surface area contributed by atoms with E-state index in [4.69, 9.17) is 0 Å². The fourth-order valence-corrected chi connectivity index (χ4v) is 1.41. The van der Waals surface area contributed by atoms with Crippen molar-refractivity contribution in [2.24, 2.45) is 0 Å². The number of hydrogen-bond donors (Lipinski definition) is 1. The highest BCUT2D eigenvalue weighted by Gasteiger charge is 2.10. The number of aromatic amines is 1. The third-order valence-corrected chi connectivity index (χ3v) is 1.99. The van der Waals surface area contributed by atoms with Gasteiger partial charge in [0, 0.05) is 17.9 Å². The van der Waals surface area contributed by atoms with Crippen LogP contribution in [0.4, 0.5) is 0 Å². The smallest absolute Gasteiger partial charge is 0.0490 e. The maximum Gasteiger partial charge on any atom is 0.0490 e. The van der Waals surface area contributed by atoms with E-state index in [0.29, 0.717) is 6.04 Å². The van der Waals surface area contributed by atoms with Crippen LogP contribution in [0.5, 0.6) is 0 Å². The molecule has 0 amide bonds. The summed E-state index contributed by atoms with van der Waals surface area (Å²) in [5.74, 6) is 0. The van der Waals surface area contributed by atoms with E-state index in [9.17, 15) is 0 Å². The molecule has 1 atom stereocenters. The van der Waals surface area contributed by atoms with Crippen LogP contribution in [0, 0.1) is 0 Å². The Hall–Kier alpha value is -0.760. The van der Waals surface area contributed by atoms with E-state index in [-0.39, 0.29) is 0 Å². The number of aromatic nitrogens is 1. The summed E-state index contributed by atoms with van der Waals surface area (Å²) in [5.41, 5.74) is 1.30. The first-order valence-corrected chi connectivity index (χ1v) is 4.05. The van der Waals surface area contributed by atoms with E-state index in [1.54, 1.807) is 0 Å². The average molecular weight is 152 g/mol. The lowest BCUT2D eigenvalue weighted by Crippen LogP contribution is -2.19. The molecular weight excluding hydrogens is 136 g/mol. The maximum atomic E-state index is 3.23. The third-order valence-electron chi connectivity index (χ3n) is 1.99. The second-order valence-electron chi connectivity index (χ2n) is 3.01. The van der Waals surface area contributed by atoms with Crippen LogP contribution >= 0.6 is 0 Å². The molecule has 0 aliphatic rings. The Bertz CT molecular complexity index is 189. The molecule has 0 aliphatic carbocycles. The predicted octanol–water partition coefficient (Wildman–Crippen LogP) is 2.03. The van der Waals surface area contributed by atoms with Crippen molar-refractivity contribution in [2.75, 3.05) is 14.1 Å². The topological polar surface area (TPSA) is 19.0 Å². The number of hydrogen-bond acceptors (Lipinski definition) is 1. The van der Waals surface area contributed by atoms with Crippen LogP contribution in [0.3, 0.4) is 0 Å². The summed E-state index contributed by atoms with van der Waals surface area (Å²) < 4.78 is 0. The second kappa shape index (κ2) is 3.58. The van der Waals surface area contributed by atoms with Crippen LogP contribution in [0.25, 0.3) is 0 Å². The zero-order chi connectivity index (χ0) is 8.27. The van der Waals surface area contributed by atoms with Gasteiger partial charge < -0.3 is 9.88 Å². The highest BCUT2D eigenvalue weighted by atomic mass is 15.1. The molecule has 1 aromatic heterocycles. The molecule has 1 N–H and O–H groups in total. The van der Waals surface area contributed by atoms with Crippen molar-refractivity contribution < 1.29 is 0 Å². The molecule has 0 spiro atoms. The number of nitrogens with zero attached hydrogens (tertiary/aromatic N) is 1. The Morgan fingerprint density at radius 3 is 2.64 bits per heavy atom. The Morgan fingerprint density at radius 1 is 1.55 bits per heavy atom. The molecule has 2 heteroatoms. The Balaban J connectivity index is 2.71. The van der Waals surface area contributed by atoms with Crippen molar-refractivity contribution in [1.82, 2.24) is 9.88 Å². The quantitative estimate of drug-likeness (QED) is 0.702. The predicted molar refractivity (Wildman–Crippen MR) is 47.5 cm³/mol. The van der Waals surface area contributed by atoms with Gasteiger partial charge in [-0.15, -0.1) is 0 Å². The van der Waals surface area contributed by atoms with Crippen LogP contribution in [0.1, 0.15) is 25.1 Å². The van der Waals surface area contributed by atoms with Gasteiger partial charge in [-0.25, -0.2) is 0 Å². The summed E-state index contributed by atoms with van der Waals surface area (Å²) >= 11 is 0. The van der Waals surface area contributed by atoms with Gasteiger partial charge in [-0.3, -0.25) is 0 Å². The lowest BCUT2D eigenvalue weighted by molar-refractivity contribution is 0.287. The fraction of sp³-hybridized carbons (Fsp3) is 0.556. The molecule has 1 heterocycles. The van der Waals surface area contributed by atoms with Crippen molar-refractivity contribution in [2.45, 2.75) is 19.4 Å². The van der Waals surface area contributed by atoms with E-state index < -0.39 is 0 Å². The number of rotatable bonds is 3. The minimum Gasteiger partial charge on any atom is -0.364 e. The zero-order valence-electron chi connectivity index (χ0n) is 7.46.